The number of hydrogen-bond donors (Lipinski definition) is 1. The van der Waals surface area contributed by atoms with Crippen LogP contribution in [0.15, 0.2) is 28.7 Å². The van der Waals surface area contributed by atoms with Gasteiger partial charge in [-0.1, -0.05) is 34.1 Å². The van der Waals surface area contributed by atoms with Crippen molar-refractivity contribution in [1.82, 2.24) is 5.32 Å². The third kappa shape index (κ3) is 4.30. The molecule has 1 atom stereocenters. The fourth-order valence-electron chi connectivity index (χ4n) is 1.74. The lowest BCUT2D eigenvalue weighted by Gasteiger charge is -2.20. The molecule has 1 aromatic rings. The van der Waals surface area contributed by atoms with Crippen molar-refractivity contribution >= 4 is 15.9 Å². The minimum Gasteiger partial charge on any atom is -0.366 e. The Bertz CT molecular complexity index is 379. The summed E-state index contributed by atoms with van der Waals surface area (Å²) in [5, 5.41) is 3.32. The van der Waals surface area contributed by atoms with Crippen LogP contribution in [0.1, 0.15) is 24.5 Å². The minimum absolute atomic E-state index is 0.338. The molecule has 1 aromatic carbocycles. The summed E-state index contributed by atoms with van der Waals surface area (Å²) in [6.45, 7) is 0.0400. The first-order valence-corrected chi connectivity index (χ1v) is 6.83. The van der Waals surface area contributed by atoms with Gasteiger partial charge in [-0.05, 0) is 24.5 Å². The first-order chi connectivity index (χ1) is 8.66. The number of alkyl halides is 2. The summed E-state index contributed by atoms with van der Waals surface area (Å²) in [6.07, 6.45) is -0.444. The monoisotopic (exact) mass is 319 g/mol. The van der Waals surface area contributed by atoms with E-state index in [0.29, 0.717) is 12.6 Å². The average molecular weight is 320 g/mol. The second-order valence-corrected chi connectivity index (χ2v) is 5.27. The third-order valence-corrected chi connectivity index (χ3v) is 3.57. The molecule has 1 aliphatic carbocycles. The molecule has 2 rings (SSSR count). The highest BCUT2D eigenvalue weighted by Gasteiger charge is 2.24. The topological polar surface area (TPSA) is 21.3 Å². The molecule has 0 heterocycles. The molecule has 100 valence electrons. The van der Waals surface area contributed by atoms with E-state index in [1.54, 1.807) is 0 Å². The van der Waals surface area contributed by atoms with Crippen molar-refractivity contribution < 1.29 is 13.5 Å². The van der Waals surface area contributed by atoms with Gasteiger partial charge >= 0.3 is 0 Å². The fraction of sp³-hybridized carbons (Fsp3) is 0.538. The van der Waals surface area contributed by atoms with Crippen LogP contribution in [0.5, 0.6) is 0 Å². The van der Waals surface area contributed by atoms with E-state index < -0.39 is 13.0 Å². The molecule has 1 unspecified atom stereocenters. The van der Waals surface area contributed by atoms with Crippen LogP contribution in [0.3, 0.4) is 0 Å². The van der Waals surface area contributed by atoms with Gasteiger partial charge in [-0.25, -0.2) is 8.78 Å². The normalized spacial score (nSPS) is 17.1. The van der Waals surface area contributed by atoms with Crippen LogP contribution in [0.2, 0.25) is 0 Å². The molecule has 0 amide bonds. The average Bonchev–Trinajstić information content (AvgIpc) is 3.14. The second-order valence-electron chi connectivity index (χ2n) is 4.42. The van der Waals surface area contributed by atoms with Gasteiger partial charge in [0.2, 0.25) is 0 Å². The van der Waals surface area contributed by atoms with Crippen molar-refractivity contribution in [2.24, 2.45) is 0 Å². The van der Waals surface area contributed by atoms with Gasteiger partial charge in [-0.15, -0.1) is 0 Å². The molecule has 0 spiro atoms. The first kappa shape index (κ1) is 13.9. The van der Waals surface area contributed by atoms with Crippen molar-refractivity contribution in [2.75, 3.05) is 13.2 Å². The summed E-state index contributed by atoms with van der Waals surface area (Å²) in [7, 11) is 0. The minimum atomic E-state index is -2.43. The van der Waals surface area contributed by atoms with Crippen LogP contribution in [-0.4, -0.2) is 25.6 Å². The van der Waals surface area contributed by atoms with E-state index in [1.807, 2.05) is 24.3 Å². The standard InChI is InChI=1S/C13H16BrF2NO/c14-11-4-2-1-3-10(11)12(18-8-13(15)16)7-17-9-5-6-9/h1-4,9,12-13,17H,5-8H2. The molecule has 0 aliphatic heterocycles. The Balaban J connectivity index is 1.99. The number of halogens is 3. The molecule has 1 fully saturated rings. The Hall–Kier alpha value is -0.520. The lowest BCUT2D eigenvalue weighted by Crippen LogP contribution is -2.26. The van der Waals surface area contributed by atoms with E-state index in [-0.39, 0.29) is 6.10 Å². The Labute approximate surface area is 114 Å². The number of nitrogens with one attached hydrogen (secondary N) is 1. The molecule has 0 bridgehead atoms. The van der Waals surface area contributed by atoms with Gasteiger partial charge in [-0.3, -0.25) is 0 Å². The molecular weight excluding hydrogens is 304 g/mol. The Morgan fingerprint density at radius 1 is 1.33 bits per heavy atom. The van der Waals surface area contributed by atoms with E-state index in [1.165, 1.54) is 0 Å². The van der Waals surface area contributed by atoms with E-state index >= 15 is 0 Å². The molecule has 1 saturated carbocycles. The predicted octanol–water partition coefficient (Wildman–Crippen LogP) is 3.52. The SMILES string of the molecule is FC(F)COC(CNC1CC1)c1ccccc1Br. The molecule has 18 heavy (non-hydrogen) atoms. The highest BCUT2D eigenvalue weighted by molar-refractivity contribution is 9.10. The molecule has 0 radical (unpaired) electrons. The molecular formula is C13H16BrF2NO. The summed E-state index contributed by atoms with van der Waals surface area (Å²) in [4.78, 5) is 0. The van der Waals surface area contributed by atoms with Crippen LogP contribution in [0.4, 0.5) is 8.78 Å². The Morgan fingerprint density at radius 2 is 2.06 bits per heavy atom. The number of hydrogen-bond acceptors (Lipinski definition) is 2. The zero-order valence-corrected chi connectivity index (χ0v) is 11.5. The van der Waals surface area contributed by atoms with Crippen molar-refractivity contribution in [3.63, 3.8) is 0 Å². The lowest BCUT2D eigenvalue weighted by atomic mass is 10.1. The van der Waals surface area contributed by atoms with Gasteiger partial charge in [0, 0.05) is 17.1 Å². The van der Waals surface area contributed by atoms with Crippen LogP contribution in [-0.2, 0) is 4.74 Å². The fourth-order valence-corrected chi connectivity index (χ4v) is 2.29. The van der Waals surface area contributed by atoms with Gasteiger partial charge in [0.25, 0.3) is 6.43 Å². The van der Waals surface area contributed by atoms with Crippen molar-refractivity contribution in [2.45, 2.75) is 31.4 Å². The van der Waals surface area contributed by atoms with Crippen molar-refractivity contribution in [1.29, 1.82) is 0 Å². The summed E-state index contributed by atoms with van der Waals surface area (Å²) in [6, 6.07) is 8.10. The summed E-state index contributed by atoms with van der Waals surface area (Å²) >= 11 is 3.43. The van der Waals surface area contributed by atoms with Gasteiger partial charge < -0.3 is 10.1 Å². The smallest absolute Gasteiger partial charge is 0.261 e. The quantitative estimate of drug-likeness (QED) is 0.830. The Kier molecular flexibility index (Phi) is 5.09. The molecule has 2 nitrogen and oxygen atoms in total. The predicted molar refractivity (Wildman–Crippen MR) is 69.9 cm³/mol. The van der Waals surface area contributed by atoms with E-state index in [9.17, 15) is 8.78 Å². The van der Waals surface area contributed by atoms with Crippen molar-refractivity contribution in [3.8, 4) is 0 Å². The zero-order chi connectivity index (χ0) is 13.0. The first-order valence-electron chi connectivity index (χ1n) is 6.04. The van der Waals surface area contributed by atoms with Gasteiger partial charge in [0.1, 0.15) is 6.61 Å². The molecule has 1 aliphatic rings. The maximum Gasteiger partial charge on any atom is 0.261 e. The van der Waals surface area contributed by atoms with Gasteiger partial charge in [-0.2, -0.15) is 0 Å². The van der Waals surface area contributed by atoms with Crippen LogP contribution >= 0.6 is 15.9 Å². The Morgan fingerprint density at radius 3 is 2.67 bits per heavy atom. The van der Waals surface area contributed by atoms with E-state index in [0.717, 1.165) is 22.9 Å². The largest absolute Gasteiger partial charge is 0.366 e. The maximum atomic E-state index is 12.3. The van der Waals surface area contributed by atoms with Crippen LogP contribution in [0, 0.1) is 0 Å². The third-order valence-electron chi connectivity index (χ3n) is 2.84. The lowest BCUT2D eigenvalue weighted by molar-refractivity contribution is -0.0249. The summed E-state index contributed by atoms with van der Waals surface area (Å²) in [5.74, 6) is 0. The van der Waals surface area contributed by atoms with Crippen LogP contribution in [0.25, 0.3) is 0 Å². The zero-order valence-electron chi connectivity index (χ0n) is 9.91. The van der Waals surface area contributed by atoms with E-state index in [4.69, 9.17) is 4.74 Å². The number of benzene rings is 1. The number of ether oxygens (including phenoxy) is 1. The summed E-state index contributed by atoms with van der Waals surface area (Å²) < 4.78 is 30.7. The second kappa shape index (κ2) is 6.59. The molecule has 0 saturated heterocycles. The van der Waals surface area contributed by atoms with E-state index in [2.05, 4.69) is 21.2 Å². The van der Waals surface area contributed by atoms with Crippen LogP contribution < -0.4 is 5.32 Å². The van der Waals surface area contributed by atoms with Gasteiger partial charge in [0.15, 0.2) is 0 Å². The number of rotatable bonds is 7. The molecule has 0 aromatic heterocycles. The molecule has 1 N–H and O–H groups in total. The highest BCUT2D eigenvalue weighted by Crippen LogP contribution is 2.27. The summed E-state index contributed by atoms with van der Waals surface area (Å²) in [5.41, 5.74) is 0.909. The van der Waals surface area contributed by atoms with Gasteiger partial charge in [0.05, 0.1) is 6.10 Å². The van der Waals surface area contributed by atoms with Crippen molar-refractivity contribution in [3.05, 3.63) is 34.3 Å². The molecule has 5 heteroatoms. The maximum absolute atomic E-state index is 12.3. The highest BCUT2D eigenvalue weighted by atomic mass is 79.9.